The van der Waals surface area contributed by atoms with Gasteiger partial charge in [0.05, 0.1) is 17.7 Å². The van der Waals surface area contributed by atoms with Crippen LogP contribution in [0.2, 0.25) is 0 Å². The molecule has 7 nitrogen and oxygen atoms in total. The van der Waals surface area contributed by atoms with Crippen molar-refractivity contribution in [3.8, 4) is 11.5 Å². The fraction of sp³-hybridized carbons (Fsp3) is 0.105. The second-order valence-corrected chi connectivity index (χ2v) is 6.44. The Kier molecular flexibility index (Phi) is 5.46. The number of anilines is 1. The first-order chi connectivity index (χ1) is 13.0. The summed E-state index contributed by atoms with van der Waals surface area (Å²) in [6.45, 7) is -0.494. The smallest absolute Gasteiger partial charge is 0.341 e. The SMILES string of the molecule is COc1cc(/C=C2\SC(=O)N(c3ccccc3)C2=O)ccc1OCC(=O)O. The molecular formula is C19H15NO6S. The van der Waals surface area contributed by atoms with Crippen LogP contribution in [0.4, 0.5) is 10.5 Å². The molecule has 8 heteroatoms. The number of para-hydroxylation sites is 1. The summed E-state index contributed by atoms with van der Waals surface area (Å²) >= 11 is 0.852. The molecule has 0 aromatic heterocycles. The van der Waals surface area contributed by atoms with E-state index in [0.717, 1.165) is 16.7 Å². The Balaban J connectivity index is 1.85. The number of carboxylic acids is 1. The molecule has 1 fully saturated rings. The summed E-state index contributed by atoms with van der Waals surface area (Å²) in [7, 11) is 1.43. The van der Waals surface area contributed by atoms with Crippen molar-refractivity contribution < 1.29 is 29.0 Å². The minimum Gasteiger partial charge on any atom is -0.493 e. The van der Waals surface area contributed by atoms with E-state index in [1.165, 1.54) is 7.11 Å². The highest BCUT2D eigenvalue weighted by Gasteiger charge is 2.36. The van der Waals surface area contributed by atoms with Gasteiger partial charge in [-0.2, -0.15) is 0 Å². The van der Waals surface area contributed by atoms with Gasteiger partial charge in [0.25, 0.3) is 11.1 Å². The lowest BCUT2D eigenvalue weighted by atomic mass is 10.2. The highest BCUT2D eigenvalue weighted by molar-refractivity contribution is 8.19. The number of aliphatic carboxylic acids is 1. The minimum atomic E-state index is -1.10. The minimum absolute atomic E-state index is 0.273. The topological polar surface area (TPSA) is 93.1 Å². The number of thioether (sulfide) groups is 1. The van der Waals surface area contributed by atoms with Gasteiger partial charge in [0.15, 0.2) is 18.1 Å². The first-order valence-electron chi connectivity index (χ1n) is 7.85. The predicted molar refractivity (Wildman–Crippen MR) is 101 cm³/mol. The summed E-state index contributed by atoms with van der Waals surface area (Å²) in [6.07, 6.45) is 1.58. The number of hydrogen-bond donors (Lipinski definition) is 1. The number of nitrogens with zero attached hydrogens (tertiary/aromatic N) is 1. The Morgan fingerprint density at radius 3 is 2.56 bits per heavy atom. The van der Waals surface area contributed by atoms with Crippen LogP contribution in [-0.4, -0.2) is 35.9 Å². The van der Waals surface area contributed by atoms with E-state index in [-0.39, 0.29) is 15.9 Å². The number of hydrogen-bond acceptors (Lipinski definition) is 6. The van der Waals surface area contributed by atoms with Crippen molar-refractivity contribution in [3.63, 3.8) is 0 Å². The predicted octanol–water partition coefficient (Wildman–Crippen LogP) is 3.40. The van der Waals surface area contributed by atoms with E-state index in [0.29, 0.717) is 17.0 Å². The van der Waals surface area contributed by atoms with Crippen LogP contribution in [0.3, 0.4) is 0 Å². The fourth-order valence-corrected chi connectivity index (χ4v) is 3.29. The van der Waals surface area contributed by atoms with E-state index in [4.69, 9.17) is 14.6 Å². The fourth-order valence-electron chi connectivity index (χ4n) is 2.45. The quantitative estimate of drug-likeness (QED) is 0.762. The highest BCUT2D eigenvalue weighted by atomic mass is 32.2. The van der Waals surface area contributed by atoms with Crippen LogP contribution in [-0.2, 0) is 9.59 Å². The zero-order valence-corrected chi connectivity index (χ0v) is 15.1. The number of carboxylic acid groups (broad SMARTS) is 1. The van der Waals surface area contributed by atoms with Crippen LogP contribution in [0, 0.1) is 0 Å². The molecule has 2 aromatic rings. The largest absolute Gasteiger partial charge is 0.493 e. The molecular weight excluding hydrogens is 370 g/mol. The zero-order valence-electron chi connectivity index (χ0n) is 14.2. The van der Waals surface area contributed by atoms with Gasteiger partial charge in [-0.25, -0.2) is 9.69 Å². The van der Waals surface area contributed by atoms with Gasteiger partial charge >= 0.3 is 5.97 Å². The second-order valence-electron chi connectivity index (χ2n) is 5.45. The molecule has 1 saturated heterocycles. The Morgan fingerprint density at radius 1 is 1.15 bits per heavy atom. The van der Waals surface area contributed by atoms with Crippen molar-refractivity contribution in [1.82, 2.24) is 0 Å². The average molecular weight is 385 g/mol. The van der Waals surface area contributed by atoms with E-state index in [2.05, 4.69) is 0 Å². The van der Waals surface area contributed by atoms with Crippen LogP contribution in [0.5, 0.6) is 11.5 Å². The Labute approximate surface area is 159 Å². The van der Waals surface area contributed by atoms with Gasteiger partial charge in [0.2, 0.25) is 0 Å². The Hall–Kier alpha value is -3.26. The van der Waals surface area contributed by atoms with Crippen molar-refractivity contribution in [1.29, 1.82) is 0 Å². The molecule has 3 rings (SSSR count). The number of methoxy groups -OCH3 is 1. The molecule has 0 atom stereocenters. The standard InChI is InChI=1S/C19H15NO6S/c1-25-15-9-12(7-8-14(15)26-11-17(21)22)10-16-18(23)20(19(24)27-16)13-5-3-2-4-6-13/h2-10H,11H2,1H3,(H,21,22)/b16-10-. The monoisotopic (exact) mass is 385 g/mol. The van der Waals surface area contributed by atoms with E-state index in [9.17, 15) is 14.4 Å². The van der Waals surface area contributed by atoms with Crippen LogP contribution in [0.1, 0.15) is 5.56 Å². The number of carbonyl (C=O) groups excluding carboxylic acids is 2. The molecule has 27 heavy (non-hydrogen) atoms. The molecule has 1 aliphatic heterocycles. The third-order valence-corrected chi connectivity index (χ3v) is 4.51. The molecule has 0 bridgehead atoms. The number of ether oxygens (including phenoxy) is 2. The van der Waals surface area contributed by atoms with Crippen LogP contribution < -0.4 is 14.4 Å². The number of imide groups is 1. The summed E-state index contributed by atoms with van der Waals surface area (Å²) in [5.41, 5.74) is 1.13. The van der Waals surface area contributed by atoms with Crippen molar-refractivity contribution in [2.75, 3.05) is 18.6 Å². The van der Waals surface area contributed by atoms with E-state index in [1.807, 2.05) is 0 Å². The van der Waals surface area contributed by atoms with Crippen molar-refractivity contribution in [3.05, 3.63) is 59.0 Å². The number of amides is 2. The summed E-state index contributed by atoms with van der Waals surface area (Å²) in [6, 6.07) is 13.5. The van der Waals surface area contributed by atoms with E-state index in [1.54, 1.807) is 54.6 Å². The zero-order chi connectivity index (χ0) is 19.4. The lowest BCUT2D eigenvalue weighted by molar-refractivity contribution is -0.139. The molecule has 0 spiro atoms. The first kappa shape index (κ1) is 18.5. The Morgan fingerprint density at radius 2 is 1.89 bits per heavy atom. The third-order valence-electron chi connectivity index (χ3n) is 3.64. The van der Waals surface area contributed by atoms with Crippen molar-refractivity contribution in [2.45, 2.75) is 0 Å². The molecule has 2 amide bonds. The summed E-state index contributed by atoms with van der Waals surface area (Å²) in [5.74, 6) is -0.904. The lowest BCUT2D eigenvalue weighted by Crippen LogP contribution is -2.27. The maximum absolute atomic E-state index is 12.6. The van der Waals surface area contributed by atoms with E-state index >= 15 is 0 Å². The summed E-state index contributed by atoms with van der Waals surface area (Å²) in [5, 5.41) is 8.33. The molecule has 0 aliphatic carbocycles. The van der Waals surface area contributed by atoms with Gasteiger partial charge in [-0.05, 0) is 47.7 Å². The van der Waals surface area contributed by atoms with Crippen LogP contribution in [0.15, 0.2) is 53.4 Å². The van der Waals surface area contributed by atoms with Gasteiger partial charge in [0.1, 0.15) is 0 Å². The molecule has 0 saturated carbocycles. The molecule has 2 aromatic carbocycles. The lowest BCUT2D eigenvalue weighted by Gasteiger charge is -2.11. The molecule has 138 valence electrons. The van der Waals surface area contributed by atoms with Gasteiger partial charge < -0.3 is 14.6 Å². The van der Waals surface area contributed by atoms with Crippen molar-refractivity contribution in [2.24, 2.45) is 0 Å². The number of carbonyl (C=O) groups is 3. The summed E-state index contributed by atoms with van der Waals surface area (Å²) < 4.78 is 10.4. The summed E-state index contributed by atoms with van der Waals surface area (Å²) in [4.78, 5) is 36.9. The van der Waals surface area contributed by atoms with E-state index < -0.39 is 18.5 Å². The van der Waals surface area contributed by atoms with Crippen LogP contribution >= 0.6 is 11.8 Å². The normalized spacial score (nSPS) is 15.3. The van der Waals surface area contributed by atoms with Crippen molar-refractivity contribution >= 4 is 40.6 Å². The molecule has 1 heterocycles. The second kappa shape index (κ2) is 7.96. The average Bonchev–Trinajstić information content (AvgIpc) is 2.94. The molecule has 0 unspecified atom stereocenters. The van der Waals surface area contributed by atoms with Crippen LogP contribution in [0.25, 0.3) is 6.08 Å². The first-order valence-corrected chi connectivity index (χ1v) is 8.67. The number of rotatable bonds is 6. The third kappa shape index (κ3) is 4.12. The molecule has 1 N–H and O–H groups in total. The molecule has 1 aliphatic rings. The number of benzene rings is 2. The van der Waals surface area contributed by atoms with Gasteiger partial charge in [-0.15, -0.1) is 0 Å². The molecule has 0 radical (unpaired) electrons. The van der Waals surface area contributed by atoms with Gasteiger partial charge in [0, 0.05) is 0 Å². The van der Waals surface area contributed by atoms with Gasteiger partial charge in [-0.1, -0.05) is 24.3 Å². The van der Waals surface area contributed by atoms with Gasteiger partial charge in [-0.3, -0.25) is 9.59 Å². The maximum atomic E-state index is 12.6. The highest BCUT2D eigenvalue weighted by Crippen LogP contribution is 2.36. The Bertz CT molecular complexity index is 925. The maximum Gasteiger partial charge on any atom is 0.341 e.